The fourth-order valence-corrected chi connectivity index (χ4v) is 3.39. The predicted molar refractivity (Wildman–Crippen MR) is 84.7 cm³/mol. The molecule has 1 N–H and O–H groups in total. The smallest absolute Gasteiger partial charge is 0.269 e. The Labute approximate surface area is 132 Å². The largest absolute Gasteiger partial charge is 0.381 e. The molecule has 2 aliphatic rings. The molecule has 5 nitrogen and oxygen atoms in total. The number of hydrogen-bond donors (Lipinski definition) is 1. The monoisotopic (exact) mass is 303 g/mol. The maximum atomic E-state index is 12.3. The number of likely N-dealkylation sites (tertiary alicyclic amines) is 1. The molecule has 1 amide bonds. The molecule has 0 radical (unpaired) electrons. The van der Waals surface area contributed by atoms with Crippen LogP contribution in [0.2, 0.25) is 0 Å². The number of carbonyl (C=O) groups is 1. The zero-order valence-corrected chi connectivity index (χ0v) is 13.3. The highest BCUT2D eigenvalue weighted by Gasteiger charge is 2.23. The highest BCUT2D eigenvalue weighted by molar-refractivity contribution is 5.92. The molecule has 22 heavy (non-hydrogen) atoms. The molecular formula is C17H25N3O2. The first-order valence-electron chi connectivity index (χ1n) is 8.26. The number of rotatable bonds is 4. The number of ether oxygens (including phenoxy) is 1. The van der Waals surface area contributed by atoms with Crippen molar-refractivity contribution in [3.05, 3.63) is 29.6 Å². The lowest BCUT2D eigenvalue weighted by Gasteiger charge is -2.22. The van der Waals surface area contributed by atoms with Gasteiger partial charge in [-0.2, -0.15) is 0 Å². The quantitative estimate of drug-likeness (QED) is 0.924. The van der Waals surface area contributed by atoms with E-state index in [0.29, 0.717) is 17.7 Å². The molecule has 0 bridgehead atoms. The Balaban J connectivity index is 1.60. The zero-order chi connectivity index (χ0) is 15.4. The van der Waals surface area contributed by atoms with Crippen LogP contribution in [0.5, 0.6) is 0 Å². The lowest BCUT2D eigenvalue weighted by molar-refractivity contribution is 0.0642. The van der Waals surface area contributed by atoms with Crippen molar-refractivity contribution < 1.29 is 9.53 Å². The summed E-state index contributed by atoms with van der Waals surface area (Å²) in [5, 5.41) is 3.03. The molecule has 3 heterocycles. The minimum Gasteiger partial charge on any atom is -0.381 e. The van der Waals surface area contributed by atoms with Crippen LogP contribution in [-0.4, -0.2) is 49.1 Å². The summed E-state index contributed by atoms with van der Waals surface area (Å²) in [6.07, 6.45) is 6.19. The van der Waals surface area contributed by atoms with Gasteiger partial charge >= 0.3 is 0 Å². The Kier molecular flexibility index (Phi) is 5.05. The van der Waals surface area contributed by atoms with E-state index in [4.69, 9.17) is 4.74 Å². The molecule has 2 fully saturated rings. The number of nitrogens with one attached hydrogen (secondary N) is 1. The van der Waals surface area contributed by atoms with Crippen LogP contribution in [0.25, 0.3) is 0 Å². The lowest BCUT2D eigenvalue weighted by atomic mass is 10.0. The number of hydrogen-bond acceptors (Lipinski definition) is 4. The molecule has 0 aromatic carbocycles. The van der Waals surface area contributed by atoms with Gasteiger partial charge in [0.1, 0.15) is 5.69 Å². The maximum absolute atomic E-state index is 12.3. The van der Waals surface area contributed by atoms with Gasteiger partial charge in [0.2, 0.25) is 0 Å². The summed E-state index contributed by atoms with van der Waals surface area (Å²) in [7, 11) is 2.14. The van der Waals surface area contributed by atoms with E-state index >= 15 is 0 Å². The minimum atomic E-state index is -0.0611. The molecule has 0 aliphatic carbocycles. The summed E-state index contributed by atoms with van der Waals surface area (Å²) >= 11 is 0. The van der Waals surface area contributed by atoms with Crippen LogP contribution < -0.4 is 5.32 Å². The second kappa shape index (κ2) is 7.20. The average Bonchev–Trinajstić information content (AvgIpc) is 3.00. The molecule has 1 aromatic heterocycles. The maximum Gasteiger partial charge on any atom is 0.269 e. The lowest BCUT2D eigenvalue weighted by Crippen LogP contribution is -2.32. The molecule has 0 unspecified atom stereocenters. The first-order chi connectivity index (χ1) is 10.7. The Morgan fingerprint density at radius 3 is 2.95 bits per heavy atom. The van der Waals surface area contributed by atoms with Gasteiger partial charge in [-0.1, -0.05) is 0 Å². The van der Waals surface area contributed by atoms with Crippen LogP contribution in [-0.2, 0) is 4.74 Å². The molecule has 1 aromatic rings. The van der Waals surface area contributed by atoms with Gasteiger partial charge in [-0.05, 0) is 62.9 Å². The molecule has 0 spiro atoms. The van der Waals surface area contributed by atoms with Gasteiger partial charge in [0.25, 0.3) is 5.91 Å². The van der Waals surface area contributed by atoms with Gasteiger partial charge in [-0.25, -0.2) is 0 Å². The summed E-state index contributed by atoms with van der Waals surface area (Å²) in [6, 6.07) is 4.40. The highest BCUT2D eigenvalue weighted by Crippen LogP contribution is 2.30. The summed E-state index contributed by atoms with van der Waals surface area (Å²) in [5.41, 5.74) is 1.73. The Bertz CT molecular complexity index is 514. The Hall–Kier alpha value is -1.46. The second-order valence-electron chi connectivity index (χ2n) is 6.38. The van der Waals surface area contributed by atoms with Crippen LogP contribution in [0.1, 0.15) is 47.8 Å². The van der Waals surface area contributed by atoms with Crippen LogP contribution in [0.3, 0.4) is 0 Å². The van der Waals surface area contributed by atoms with Gasteiger partial charge in [-0.15, -0.1) is 0 Å². The van der Waals surface area contributed by atoms with Crippen molar-refractivity contribution in [2.24, 2.45) is 5.92 Å². The fourth-order valence-electron chi connectivity index (χ4n) is 3.39. The van der Waals surface area contributed by atoms with Gasteiger partial charge in [0.15, 0.2) is 0 Å². The van der Waals surface area contributed by atoms with Gasteiger partial charge < -0.3 is 10.1 Å². The van der Waals surface area contributed by atoms with E-state index < -0.39 is 0 Å². The van der Waals surface area contributed by atoms with Gasteiger partial charge in [-0.3, -0.25) is 14.7 Å². The fraction of sp³-hybridized carbons (Fsp3) is 0.647. The SMILES string of the molecule is CN1CCC[C@@H]1c1ccnc(C(=O)NCC2CCOCC2)c1. The van der Waals surface area contributed by atoms with Crippen molar-refractivity contribution in [2.45, 2.75) is 31.7 Å². The third-order valence-electron chi connectivity index (χ3n) is 4.81. The van der Waals surface area contributed by atoms with E-state index in [0.717, 1.165) is 45.6 Å². The molecular weight excluding hydrogens is 278 g/mol. The van der Waals surface area contributed by atoms with Crippen LogP contribution in [0.15, 0.2) is 18.3 Å². The number of amides is 1. The van der Waals surface area contributed by atoms with E-state index in [1.54, 1.807) is 6.20 Å². The number of carbonyl (C=O) groups excluding carboxylic acids is 1. The van der Waals surface area contributed by atoms with Crippen molar-refractivity contribution in [2.75, 3.05) is 33.4 Å². The molecule has 2 saturated heterocycles. The second-order valence-corrected chi connectivity index (χ2v) is 6.38. The summed E-state index contributed by atoms with van der Waals surface area (Å²) in [4.78, 5) is 18.9. The van der Waals surface area contributed by atoms with Crippen molar-refractivity contribution in [1.82, 2.24) is 15.2 Å². The Morgan fingerprint density at radius 2 is 2.23 bits per heavy atom. The predicted octanol–water partition coefficient (Wildman–Crippen LogP) is 2.00. The van der Waals surface area contributed by atoms with Crippen molar-refractivity contribution in [3.8, 4) is 0 Å². The van der Waals surface area contributed by atoms with Crippen LogP contribution in [0, 0.1) is 5.92 Å². The van der Waals surface area contributed by atoms with E-state index in [2.05, 4.69) is 22.2 Å². The number of aromatic nitrogens is 1. The van der Waals surface area contributed by atoms with E-state index in [-0.39, 0.29) is 5.91 Å². The van der Waals surface area contributed by atoms with E-state index in [9.17, 15) is 4.79 Å². The molecule has 120 valence electrons. The van der Waals surface area contributed by atoms with Crippen molar-refractivity contribution >= 4 is 5.91 Å². The topological polar surface area (TPSA) is 54.5 Å². The van der Waals surface area contributed by atoms with Crippen molar-refractivity contribution in [1.29, 1.82) is 0 Å². The number of pyridine rings is 1. The minimum absolute atomic E-state index is 0.0611. The summed E-state index contributed by atoms with van der Waals surface area (Å²) in [6.45, 7) is 3.46. The third kappa shape index (κ3) is 3.65. The van der Waals surface area contributed by atoms with Crippen molar-refractivity contribution in [3.63, 3.8) is 0 Å². The first kappa shape index (κ1) is 15.4. The van der Waals surface area contributed by atoms with Gasteiger partial charge in [0.05, 0.1) is 0 Å². The zero-order valence-electron chi connectivity index (χ0n) is 13.3. The molecule has 3 rings (SSSR count). The van der Waals surface area contributed by atoms with Crippen LogP contribution in [0.4, 0.5) is 0 Å². The standard InChI is InChI=1S/C17H25N3O2/c1-20-8-2-3-16(20)14-4-7-18-15(11-14)17(21)19-12-13-5-9-22-10-6-13/h4,7,11,13,16H,2-3,5-6,8-10,12H2,1H3,(H,19,21)/t16-/m1/s1. The summed E-state index contributed by atoms with van der Waals surface area (Å²) < 4.78 is 5.34. The van der Waals surface area contributed by atoms with E-state index in [1.807, 2.05) is 12.1 Å². The van der Waals surface area contributed by atoms with Gasteiger partial charge in [0, 0.05) is 32.0 Å². The van der Waals surface area contributed by atoms with Crippen LogP contribution >= 0.6 is 0 Å². The Morgan fingerprint density at radius 1 is 1.41 bits per heavy atom. The molecule has 1 atom stereocenters. The molecule has 2 aliphatic heterocycles. The highest BCUT2D eigenvalue weighted by atomic mass is 16.5. The molecule has 0 saturated carbocycles. The first-order valence-corrected chi connectivity index (χ1v) is 8.26. The average molecular weight is 303 g/mol. The van der Waals surface area contributed by atoms with E-state index in [1.165, 1.54) is 12.0 Å². The third-order valence-corrected chi connectivity index (χ3v) is 4.81. The summed E-state index contributed by atoms with van der Waals surface area (Å²) in [5.74, 6) is 0.468. The molecule has 5 heteroatoms. The normalized spacial score (nSPS) is 23.6. The number of nitrogens with zero attached hydrogens (tertiary/aromatic N) is 2.